The zero-order valence-corrected chi connectivity index (χ0v) is 44.3. The summed E-state index contributed by atoms with van der Waals surface area (Å²) in [6, 6.07) is -1.15. The van der Waals surface area contributed by atoms with Crippen molar-refractivity contribution in [3.63, 3.8) is 0 Å². The van der Waals surface area contributed by atoms with Crippen LogP contribution in [0.3, 0.4) is 0 Å². The van der Waals surface area contributed by atoms with Crippen LogP contribution in [0.4, 0.5) is 0 Å². The van der Waals surface area contributed by atoms with E-state index in [0.29, 0.717) is 76.6 Å². The first kappa shape index (κ1) is 60.1. The highest BCUT2D eigenvalue weighted by Crippen LogP contribution is 2.38. The molecule has 3 aliphatic heterocycles. The maximum Gasteiger partial charge on any atom is 0.329 e. The van der Waals surface area contributed by atoms with Crippen molar-refractivity contribution in [3.05, 3.63) is 47.6 Å². The molecule has 2 bridgehead atoms. The number of hydrogen-bond donors (Lipinski definition) is 3. The third-order valence-electron chi connectivity index (χ3n) is 15.2. The molecule has 0 aromatic heterocycles. The molecule has 1 saturated carbocycles. The van der Waals surface area contributed by atoms with Gasteiger partial charge in [0.05, 0.1) is 50.8 Å². The van der Waals surface area contributed by atoms with Gasteiger partial charge in [-0.1, -0.05) is 71.1 Å². The lowest BCUT2D eigenvalue weighted by molar-refractivity contribution is -0.265. The predicted octanol–water partition coefficient (Wildman–Crippen LogP) is 6.21. The summed E-state index contributed by atoms with van der Waals surface area (Å²) in [5.41, 5.74) is 1.26. The lowest BCUT2D eigenvalue weighted by atomic mass is 9.78. The Morgan fingerprint density at radius 3 is 2.27 bits per heavy atom. The van der Waals surface area contributed by atoms with Gasteiger partial charge < -0.3 is 53.4 Å². The van der Waals surface area contributed by atoms with E-state index in [0.717, 1.165) is 12.0 Å². The molecular formula is C55H87NO15. The first-order chi connectivity index (χ1) is 33.8. The van der Waals surface area contributed by atoms with Crippen molar-refractivity contribution in [1.82, 2.24) is 4.90 Å². The summed E-state index contributed by atoms with van der Waals surface area (Å²) in [6.45, 7) is 13.6. The molecule has 402 valence electrons. The van der Waals surface area contributed by atoms with Crippen LogP contribution in [0.5, 0.6) is 0 Å². The van der Waals surface area contributed by atoms with E-state index in [1.807, 2.05) is 58.1 Å². The third kappa shape index (κ3) is 17.0. The minimum absolute atomic E-state index is 0.0129. The summed E-state index contributed by atoms with van der Waals surface area (Å²) in [6.07, 6.45) is 12.0. The lowest BCUT2D eigenvalue weighted by Gasteiger charge is -2.42. The van der Waals surface area contributed by atoms with E-state index < -0.39 is 77.8 Å². The largest absolute Gasteiger partial charge is 0.460 e. The zero-order valence-electron chi connectivity index (χ0n) is 44.3. The van der Waals surface area contributed by atoms with Gasteiger partial charge in [0, 0.05) is 58.5 Å². The van der Waals surface area contributed by atoms with Crippen LogP contribution in [-0.2, 0) is 57.1 Å². The van der Waals surface area contributed by atoms with Gasteiger partial charge in [-0.3, -0.25) is 19.2 Å². The van der Waals surface area contributed by atoms with Crippen molar-refractivity contribution in [2.45, 2.75) is 180 Å². The van der Waals surface area contributed by atoms with Crippen LogP contribution in [0.15, 0.2) is 47.6 Å². The Morgan fingerprint density at radius 2 is 1.58 bits per heavy atom. The maximum absolute atomic E-state index is 14.5. The molecule has 4 rings (SSSR count). The van der Waals surface area contributed by atoms with Gasteiger partial charge in [0.25, 0.3) is 11.7 Å². The van der Waals surface area contributed by atoms with Crippen LogP contribution in [0.2, 0.25) is 0 Å². The second-order valence-corrected chi connectivity index (χ2v) is 20.8. The number of cyclic esters (lactones) is 1. The normalized spacial score (nSPS) is 36.8. The van der Waals surface area contributed by atoms with Crippen LogP contribution in [0, 0.1) is 35.5 Å². The summed E-state index contributed by atoms with van der Waals surface area (Å²) in [4.78, 5) is 72.4. The van der Waals surface area contributed by atoms with Crippen LogP contribution >= 0.6 is 0 Å². The van der Waals surface area contributed by atoms with Gasteiger partial charge in [-0.25, -0.2) is 4.79 Å². The summed E-state index contributed by atoms with van der Waals surface area (Å²) < 4.78 is 41.3. The highest BCUT2D eigenvalue weighted by molar-refractivity contribution is 6.39. The van der Waals surface area contributed by atoms with E-state index >= 15 is 0 Å². The van der Waals surface area contributed by atoms with E-state index in [2.05, 4.69) is 0 Å². The molecule has 3 heterocycles. The molecule has 1 amide bonds. The average Bonchev–Trinajstić information content (AvgIpc) is 3.35. The molecule has 3 N–H and O–H groups in total. The van der Waals surface area contributed by atoms with E-state index in [9.17, 15) is 34.2 Å². The number of ketones is 3. The standard InChI is InChI=1S/C55H87NO15/c1-34-16-12-11-13-17-35(2)46(65-8)32-42-21-19-40(7)55(64,71-42)52(61)53(62)56-23-15-14-18-43(56)54(63)70-47(33-44(58)36(3)29-39(6)50(60)51(67-10)49(59)38(5)28-34)37(4)30-41-20-22-45(48(31-41)66-9)69-27-26-68-25-24-57/h11-13,16-17,29,34,36-38,40-43,45-48,50-51,57,60,64H,14-15,18-28,30-33H2,1-10H3/b13-11?,16-12+,35-17?,39-29+/t34-,36-,37-,38-,40-,41+,42+,43+,45-,46+,47+,48-,50-,51+,55-/m1/s1. The number of amides is 1. The summed E-state index contributed by atoms with van der Waals surface area (Å²) in [5.74, 6) is -7.99. The number of methoxy groups -OCH3 is 3. The molecule has 0 aromatic rings. The average molecular weight is 1000 g/mol. The number of hydrogen-bond acceptors (Lipinski definition) is 15. The lowest BCUT2D eigenvalue weighted by Crippen LogP contribution is -2.61. The van der Waals surface area contributed by atoms with Crippen LogP contribution in [0.25, 0.3) is 0 Å². The molecule has 16 nitrogen and oxygen atoms in total. The minimum Gasteiger partial charge on any atom is -0.460 e. The van der Waals surface area contributed by atoms with Crippen molar-refractivity contribution < 1.29 is 72.5 Å². The van der Waals surface area contributed by atoms with Gasteiger partial charge in [-0.15, -0.1) is 0 Å². The number of esters is 1. The molecule has 0 radical (unpaired) electrons. The number of nitrogens with zero attached hydrogens (tertiary/aromatic N) is 1. The number of aliphatic hydroxyl groups excluding tert-OH is 2. The monoisotopic (exact) mass is 1000 g/mol. The Morgan fingerprint density at radius 1 is 0.831 bits per heavy atom. The minimum atomic E-state index is -2.44. The van der Waals surface area contributed by atoms with Crippen LogP contribution in [-0.4, -0.2) is 158 Å². The van der Waals surface area contributed by atoms with Crippen molar-refractivity contribution in [1.29, 1.82) is 0 Å². The van der Waals surface area contributed by atoms with Crippen molar-refractivity contribution >= 4 is 29.2 Å². The fourth-order valence-electron chi connectivity index (χ4n) is 10.7. The molecule has 16 heteroatoms. The SMILES string of the molecule is CO[C@H]1C[C@@H]2CC[C@@H](C)[C@@](O)(O2)C(=O)C(=O)N2CCCC[C@H]2C(=O)O[C@H]([C@H](C)C[C@@H]2CC[C@@H](OCCOCCO)[C@H](OC)C2)CC(=O)[C@H](C)/C=C(\C)[C@@H](O)[C@@H](OC)C(=O)[C@H](C)C[C@H](C)/C=C/C=CC=C1C. The highest BCUT2D eigenvalue weighted by atomic mass is 16.6. The zero-order chi connectivity index (χ0) is 52.4. The quantitative estimate of drug-likeness (QED) is 0.0858. The van der Waals surface area contributed by atoms with Crippen LogP contribution in [0.1, 0.15) is 126 Å². The number of Topliss-reactive ketones (excluding diaryl/α,β-unsaturated/α-hetero) is 3. The fraction of sp³-hybridized carbons (Fsp3) is 0.764. The molecule has 2 saturated heterocycles. The molecule has 0 aromatic carbocycles. The number of piperidine rings is 1. The number of allylic oxidation sites excluding steroid dienone is 6. The highest BCUT2D eigenvalue weighted by Gasteiger charge is 2.53. The molecule has 1 aliphatic carbocycles. The Balaban J connectivity index is 1.67. The fourth-order valence-corrected chi connectivity index (χ4v) is 10.7. The first-order valence-corrected chi connectivity index (χ1v) is 26.1. The topological polar surface area (TPSA) is 214 Å². The van der Waals surface area contributed by atoms with Gasteiger partial charge in [-0.2, -0.15) is 0 Å². The first-order valence-electron chi connectivity index (χ1n) is 26.1. The summed E-state index contributed by atoms with van der Waals surface area (Å²) in [7, 11) is 4.60. The van der Waals surface area contributed by atoms with Crippen molar-refractivity contribution in [2.75, 3.05) is 54.3 Å². The van der Waals surface area contributed by atoms with E-state index in [-0.39, 0.29) is 74.1 Å². The molecule has 3 fully saturated rings. The molecule has 0 spiro atoms. The van der Waals surface area contributed by atoms with E-state index in [1.54, 1.807) is 41.1 Å². The molecule has 15 atom stereocenters. The second kappa shape index (κ2) is 29.4. The summed E-state index contributed by atoms with van der Waals surface area (Å²) in [5, 5.41) is 32.5. The number of carbonyl (C=O) groups excluding carboxylic acids is 5. The van der Waals surface area contributed by atoms with Gasteiger partial charge in [-0.05, 0) is 107 Å². The molecule has 4 aliphatic rings. The second-order valence-electron chi connectivity index (χ2n) is 20.8. The van der Waals surface area contributed by atoms with Gasteiger partial charge in [0.2, 0.25) is 5.79 Å². The smallest absolute Gasteiger partial charge is 0.329 e. The maximum atomic E-state index is 14.5. The number of carbonyl (C=O) groups is 5. The third-order valence-corrected chi connectivity index (χ3v) is 15.2. The predicted molar refractivity (Wildman–Crippen MR) is 267 cm³/mol. The number of ether oxygens (including phenoxy) is 7. The van der Waals surface area contributed by atoms with Crippen molar-refractivity contribution in [3.8, 4) is 0 Å². The Labute approximate surface area is 422 Å². The Kier molecular flexibility index (Phi) is 24.9. The van der Waals surface area contributed by atoms with Crippen LogP contribution < -0.4 is 0 Å². The Bertz CT molecular complexity index is 1860. The molecule has 71 heavy (non-hydrogen) atoms. The number of aliphatic hydroxyl groups is 3. The van der Waals surface area contributed by atoms with Gasteiger partial charge >= 0.3 is 5.97 Å². The Hall–Kier alpha value is -3.45. The van der Waals surface area contributed by atoms with E-state index in [4.69, 9.17) is 38.3 Å². The van der Waals surface area contributed by atoms with E-state index in [1.165, 1.54) is 12.0 Å². The molecular weight excluding hydrogens is 915 g/mol. The van der Waals surface area contributed by atoms with Gasteiger partial charge in [0.15, 0.2) is 5.78 Å². The number of rotatable bonds is 12. The van der Waals surface area contributed by atoms with Gasteiger partial charge in [0.1, 0.15) is 30.1 Å². The molecule has 0 unspecified atom stereocenters. The number of fused-ring (bicyclic) bond motifs is 3. The summed E-state index contributed by atoms with van der Waals surface area (Å²) >= 11 is 0. The van der Waals surface area contributed by atoms with Crippen molar-refractivity contribution in [2.24, 2.45) is 35.5 Å².